The molecule has 1 saturated carbocycles. The van der Waals surface area contributed by atoms with Crippen molar-refractivity contribution >= 4 is 0 Å². The Balaban J connectivity index is 1.77. The van der Waals surface area contributed by atoms with Crippen LogP contribution < -0.4 is 5.32 Å². The van der Waals surface area contributed by atoms with Gasteiger partial charge in [-0.1, -0.05) is 12.1 Å². The van der Waals surface area contributed by atoms with Crippen molar-refractivity contribution in [2.75, 3.05) is 13.1 Å². The Morgan fingerprint density at radius 1 is 1.33 bits per heavy atom. The molecule has 1 aromatic heterocycles. The van der Waals surface area contributed by atoms with Crippen LogP contribution in [0.3, 0.4) is 0 Å². The quantitative estimate of drug-likeness (QED) is 0.800. The smallest absolute Gasteiger partial charge is 0.229 e. The molecule has 1 aliphatic carbocycles. The van der Waals surface area contributed by atoms with Crippen LogP contribution in [0.1, 0.15) is 50.2 Å². The molecule has 1 aromatic rings. The molecule has 2 aliphatic rings. The second-order valence-electron chi connectivity index (χ2n) is 5.04. The van der Waals surface area contributed by atoms with E-state index in [1.54, 1.807) is 0 Å². The van der Waals surface area contributed by atoms with E-state index in [2.05, 4.69) is 22.4 Å². The van der Waals surface area contributed by atoms with Crippen LogP contribution >= 0.6 is 0 Å². The summed E-state index contributed by atoms with van der Waals surface area (Å²) >= 11 is 0. The summed E-state index contributed by atoms with van der Waals surface area (Å²) in [6.07, 6.45) is 4.66. The van der Waals surface area contributed by atoms with Gasteiger partial charge in [0.05, 0.1) is 0 Å². The molecular weight excluding hydrogens is 190 g/mol. The minimum atomic E-state index is 0.231. The molecular formula is C11H17N3O. The topological polar surface area (TPSA) is 51.0 Å². The Kier molecular flexibility index (Phi) is 2.06. The Bertz CT molecular complexity index is 350. The second-order valence-corrected chi connectivity index (χ2v) is 5.04. The highest BCUT2D eigenvalue weighted by Crippen LogP contribution is 2.46. The molecule has 1 saturated heterocycles. The molecule has 0 unspecified atom stereocenters. The molecule has 0 atom stereocenters. The van der Waals surface area contributed by atoms with E-state index in [-0.39, 0.29) is 5.41 Å². The SMILES string of the molecule is CC1(c2noc(C3CCNCC3)n2)CC1. The zero-order valence-corrected chi connectivity index (χ0v) is 9.12. The van der Waals surface area contributed by atoms with Gasteiger partial charge in [0.1, 0.15) is 0 Å². The van der Waals surface area contributed by atoms with Gasteiger partial charge in [-0.15, -0.1) is 0 Å². The fraction of sp³-hybridized carbons (Fsp3) is 0.818. The molecule has 15 heavy (non-hydrogen) atoms. The van der Waals surface area contributed by atoms with Crippen LogP contribution in [-0.4, -0.2) is 23.2 Å². The minimum Gasteiger partial charge on any atom is -0.339 e. The first-order valence-corrected chi connectivity index (χ1v) is 5.83. The van der Waals surface area contributed by atoms with Gasteiger partial charge in [0, 0.05) is 11.3 Å². The van der Waals surface area contributed by atoms with Gasteiger partial charge in [-0.3, -0.25) is 0 Å². The van der Waals surface area contributed by atoms with Crippen LogP contribution in [0.15, 0.2) is 4.52 Å². The maximum atomic E-state index is 5.38. The normalized spacial score (nSPS) is 25.4. The largest absolute Gasteiger partial charge is 0.339 e. The summed E-state index contributed by atoms with van der Waals surface area (Å²) in [5.41, 5.74) is 0.231. The number of rotatable bonds is 2. The number of hydrogen-bond donors (Lipinski definition) is 1. The molecule has 0 bridgehead atoms. The minimum absolute atomic E-state index is 0.231. The molecule has 1 N–H and O–H groups in total. The molecule has 2 fully saturated rings. The third-order valence-corrected chi connectivity index (χ3v) is 3.67. The Morgan fingerprint density at radius 2 is 2.07 bits per heavy atom. The highest BCUT2D eigenvalue weighted by atomic mass is 16.5. The molecule has 82 valence electrons. The van der Waals surface area contributed by atoms with Gasteiger partial charge in [0.15, 0.2) is 5.82 Å². The predicted molar refractivity (Wildman–Crippen MR) is 55.7 cm³/mol. The molecule has 0 spiro atoms. The summed E-state index contributed by atoms with van der Waals surface area (Å²) in [5.74, 6) is 2.27. The van der Waals surface area contributed by atoms with Gasteiger partial charge in [-0.25, -0.2) is 0 Å². The van der Waals surface area contributed by atoms with Gasteiger partial charge >= 0.3 is 0 Å². The van der Waals surface area contributed by atoms with Crippen LogP contribution in [0.2, 0.25) is 0 Å². The standard InChI is InChI=1S/C11H17N3O/c1-11(4-5-11)10-13-9(15-14-10)8-2-6-12-7-3-8/h8,12H,2-7H2,1H3. The van der Waals surface area contributed by atoms with Crippen LogP contribution in [0.25, 0.3) is 0 Å². The van der Waals surface area contributed by atoms with E-state index in [9.17, 15) is 0 Å². The average Bonchev–Trinajstić information content (AvgIpc) is 2.85. The highest BCUT2D eigenvalue weighted by Gasteiger charge is 2.43. The van der Waals surface area contributed by atoms with E-state index >= 15 is 0 Å². The van der Waals surface area contributed by atoms with Crippen molar-refractivity contribution in [3.05, 3.63) is 11.7 Å². The first-order valence-electron chi connectivity index (χ1n) is 5.83. The van der Waals surface area contributed by atoms with Crippen molar-refractivity contribution in [3.63, 3.8) is 0 Å². The summed E-state index contributed by atoms with van der Waals surface area (Å²) in [5, 5.41) is 7.46. The van der Waals surface area contributed by atoms with Gasteiger partial charge in [-0.05, 0) is 38.8 Å². The maximum Gasteiger partial charge on any atom is 0.229 e. The van der Waals surface area contributed by atoms with E-state index in [1.165, 1.54) is 12.8 Å². The number of nitrogens with zero attached hydrogens (tertiary/aromatic N) is 2. The number of piperidine rings is 1. The lowest BCUT2D eigenvalue weighted by molar-refractivity contribution is 0.317. The lowest BCUT2D eigenvalue weighted by Gasteiger charge is -2.18. The Labute approximate surface area is 89.4 Å². The summed E-state index contributed by atoms with van der Waals surface area (Å²) in [4.78, 5) is 4.56. The van der Waals surface area contributed by atoms with E-state index in [0.717, 1.165) is 37.6 Å². The summed E-state index contributed by atoms with van der Waals surface area (Å²) in [6.45, 7) is 4.35. The van der Waals surface area contributed by atoms with Crippen molar-refractivity contribution in [1.82, 2.24) is 15.5 Å². The highest BCUT2D eigenvalue weighted by molar-refractivity contribution is 5.15. The summed E-state index contributed by atoms with van der Waals surface area (Å²) < 4.78 is 5.38. The van der Waals surface area contributed by atoms with Crippen molar-refractivity contribution in [2.45, 2.75) is 43.9 Å². The summed E-state index contributed by atoms with van der Waals surface area (Å²) in [6, 6.07) is 0. The zero-order valence-electron chi connectivity index (χ0n) is 9.12. The number of aromatic nitrogens is 2. The molecule has 0 aromatic carbocycles. The Morgan fingerprint density at radius 3 is 2.73 bits per heavy atom. The van der Waals surface area contributed by atoms with Crippen LogP contribution in [0, 0.1) is 0 Å². The maximum absolute atomic E-state index is 5.38. The molecule has 1 aliphatic heterocycles. The van der Waals surface area contributed by atoms with Crippen molar-refractivity contribution in [1.29, 1.82) is 0 Å². The van der Waals surface area contributed by atoms with Crippen LogP contribution in [0.4, 0.5) is 0 Å². The lowest BCUT2D eigenvalue weighted by Crippen LogP contribution is -2.26. The van der Waals surface area contributed by atoms with Crippen molar-refractivity contribution in [3.8, 4) is 0 Å². The molecule has 0 amide bonds. The monoisotopic (exact) mass is 207 g/mol. The number of nitrogens with one attached hydrogen (secondary N) is 1. The predicted octanol–water partition coefficient (Wildman–Crippen LogP) is 1.59. The molecule has 4 heteroatoms. The zero-order chi connectivity index (χ0) is 10.3. The Hall–Kier alpha value is -0.900. The van der Waals surface area contributed by atoms with Gasteiger partial charge in [-0.2, -0.15) is 4.98 Å². The fourth-order valence-corrected chi connectivity index (χ4v) is 2.13. The van der Waals surface area contributed by atoms with Gasteiger partial charge < -0.3 is 9.84 Å². The van der Waals surface area contributed by atoms with Crippen LogP contribution in [-0.2, 0) is 5.41 Å². The lowest BCUT2D eigenvalue weighted by atomic mass is 9.98. The summed E-state index contributed by atoms with van der Waals surface area (Å²) in [7, 11) is 0. The molecule has 0 radical (unpaired) electrons. The van der Waals surface area contributed by atoms with Crippen LogP contribution in [0.5, 0.6) is 0 Å². The van der Waals surface area contributed by atoms with Gasteiger partial charge in [0.2, 0.25) is 5.89 Å². The van der Waals surface area contributed by atoms with Gasteiger partial charge in [0.25, 0.3) is 0 Å². The second kappa shape index (κ2) is 3.30. The van der Waals surface area contributed by atoms with E-state index < -0.39 is 0 Å². The molecule has 2 heterocycles. The van der Waals surface area contributed by atoms with E-state index in [1.807, 2.05) is 0 Å². The van der Waals surface area contributed by atoms with E-state index in [0.29, 0.717) is 5.92 Å². The first kappa shape index (κ1) is 9.33. The molecule has 3 rings (SSSR count). The molecule has 4 nitrogen and oxygen atoms in total. The van der Waals surface area contributed by atoms with E-state index in [4.69, 9.17) is 4.52 Å². The van der Waals surface area contributed by atoms with Crippen molar-refractivity contribution in [2.24, 2.45) is 0 Å². The third-order valence-electron chi connectivity index (χ3n) is 3.67. The first-order chi connectivity index (χ1) is 7.28. The average molecular weight is 207 g/mol. The fourth-order valence-electron chi connectivity index (χ4n) is 2.13. The van der Waals surface area contributed by atoms with Crippen molar-refractivity contribution < 1.29 is 4.52 Å². The number of hydrogen-bond acceptors (Lipinski definition) is 4. The third kappa shape index (κ3) is 1.67.